The van der Waals surface area contributed by atoms with Crippen molar-refractivity contribution in [2.24, 2.45) is 0 Å². The van der Waals surface area contributed by atoms with Crippen LogP contribution in [0, 0.1) is 6.92 Å². The number of hydrogen-bond acceptors (Lipinski definition) is 7. The molecule has 6 rings (SSSR count). The Bertz CT molecular complexity index is 1350. The van der Waals surface area contributed by atoms with Crippen molar-refractivity contribution >= 4 is 11.7 Å². The number of rotatable bonds is 3. The minimum atomic E-state index is -3.68. The number of pyridine rings is 1. The number of halogens is 2. The van der Waals surface area contributed by atoms with E-state index < -0.39 is 12.2 Å². The number of carbonyl (C=O) groups is 1. The molecule has 186 valence electrons. The third kappa shape index (κ3) is 3.90. The molecule has 1 spiro atoms. The quantitative estimate of drug-likeness (QED) is 0.582. The zero-order chi connectivity index (χ0) is 25.1. The van der Waals surface area contributed by atoms with E-state index in [9.17, 15) is 13.6 Å². The summed E-state index contributed by atoms with van der Waals surface area (Å²) in [5, 5.41) is 3.63. The van der Waals surface area contributed by atoms with Gasteiger partial charge in [-0.2, -0.15) is 0 Å². The van der Waals surface area contributed by atoms with Crippen LogP contribution in [-0.4, -0.2) is 50.7 Å². The van der Waals surface area contributed by atoms with Gasteiger partial charge < -0.3 is 19.7 Å². The highest BCUT2D eigenvalue weighted by molar-refractivity contribution is 5.84. The van der Waals surface area contributed by atoms with Crippen molar-refractivity contribution in [3.8, 4) is 22.9 Å². The van der Waals surface area contributed by atoms with E-state index in [0.717, 1.165) is 41.9 Å². The van der Waals surface area contributed by atoms with Gasteiger partial charge in [-0.3, -0.25) is 4.79 Å². The summed E-state index contributed by atoms with van der Waals surface area (Å²) in [7, 11) is 0. The fourth-order valence-electron chi connectivity index (χ4n) is 5.32. The van der Waals surface area contributed by atoms with Crippen molar-refractivity contribution < 1.29 is 23.0 Å². The average molecular weight is 494 g/mol. The standard InChI is InChI=1S/C26H25F2N5O3/c1-15(17-4-5-20-21(13-17)36-26(27,28)35-20)24(34)33-11-8-25(14-33)7-6-18-12-19(16(2)31-22(18)32-25)23-29-9-3-10-30-23/h3-5,9-10,12-13,15H,6-8,11,14H2,1-2H3,(H,31,32)/t15?,25-/m0/s1. The lowest BCUT2D eigenvalue weighted by molar-refractivity contribution is -0.286. The minimum Gasteiger partial charge on any atom is -0.395 e. The molecule has 1 amide bonds. The molecule has 0 saturated carbocycles. The molecule has 2 atom stereocenters. The van der Waals surface area contributed by atoms with E-state index in [-0.39, 0.29) is 22.9 Å². The maximum atomic E-state index is 13.4. The highest BCUT2D eigenvalue weighted by Gasteiger charge is 2.45. The van der Waals surface area contributed by atoms with Gasteiger partial charge in [0.25, 0.3) is 0 Å². The summed E-state index contributed by atoms with van der Waals surface area (Å²) in [6.07, 6.45) is 2.28. The van der Waals surface area contributed by atoms with Crippen molar-refractivity contribution in [1.82, 2.24) is 19.9 Å². The average Bonchev–Trinajstić information content (AvgIpc) is 3.41. The van der Waals surface area contributed by atoms with Crippen LogP contribution < -0.4 is 14.8 Å². The Balaban J connectivity index is 1.17. The largest absolute Gasteiger partial charge is 0.586 e. The number of hydrogen-bond donors (Lipinski definition) is 1. The molecule has 36 heavy (non-hydrogen) atoms. The molecule has 3 aromatic rings. The van der Waals surface area contributed by atoms with Crippen LogP contribution in [0.2, 0.25) is 0 Å². The van der Waals surface area contributed by atoms with Gasteiger partial charge in [-0.15, -0.1) is 8.78 Å². The third-order valence-electron chi connectivity index (χ3n) is 7.32. The molecule has 1 aromatic carbocycles. The Morgan fingerprint density at radius 3 is 2.72 bits per heavy atom. The van der Waals surface area contributed by atoms with Gasteiger partial charge in [0.1, 0.15) is 5.82 Å². The summed E-state index contributed by atoms with van der Waals surface area (Å²) in [5.74, 6) is 0.862. The van der Waals surface area contributed by atoms with Crippen molar-refractivity contribution in [1.29, 1.82) is 0 Å². The van der Waals surface area contributed by atoms with E-state index in [2.05, 4.69) is 30.8 Å². The number of nitrogens with one attached hydrogen (secondary N) is 1. The predicted octanol–water partition coefficient (Wildman–Crippen LogP) is 4.30. The molecule has 1 N–H and O–H groups in total. The number of ether oxygens (including phenoxy) is 2. The number of aryl methyl sites for hydroxylation is 2. The molecule has 5 heterocycles. The topological polar surface area (TPSA) is 89.5 Å². The van der Waals surface area contributed by atoms with Crippen molar-refractivity contribution in [3.05, 3.63) is 59.5 Å². The molecule has 1 unspecified atom stereocenters. The first kappa shape index (κ1) is 22.6. The van der Waals surface area contributed by atoms with Crippen molar-refractivity contribution in [3.63, 3.8) is 0 Å². The molecule has 0 aliphatic carbocycles. The predicted molar refractivity (Wildman–Crippen MR) is 127 cm³/mol. The van der Waals surface area contributed by atoms with Crippen LogP contribution in [-0.2, 0) is 11.2 Å². The SMILES string of the molecule is Cc1nc2c(cc1-c1ncccn1)CC[C@@]1(CCN(C(=O)C(C)c3ccc4c(c3)OC(F)(F)O4)C1)N2. The number of alkyl halides is 2. The number of fused-ring (bicyclic) bond motifs is 2. The van der Waals surface area contributed by atoms with Gasteiger partial charge in [-0.1, -0.05) is 6.07 Å². The van der Waals surface area contributed by atoms with Gasteiger partial charge in [-0.25, -0.2) is 15.0 Å². The summed E-state index contributed by atoms with van der Waals surface area (Å²) >= 11 is 0. The number of amides is 1. The van der Waals surface area contributed by atoms with Gasteiger partial charge in [0, 0.05) is 31.0 Å². The molecule has 0 bridgehead atoms. The van der Waals surface area contributed by atoms with Crippen LogP contribution in [0.1, 0.15) is 42.5 Å². The van der Waals surface area contributed by atoms with Crippen LogP contribution in [0.15, 0.2) is 42.7 Å². The lowest BCUT2D eigenvalue weighted by Gasteiger charge is -2.36. The molecule has 8 nitrogen and oxygen atoms in total. The number of likely N-dealkylation sites (tertiary alicyclic amines) is 1. The lowest BCUT2D eigenvalue weighted by Crippen LogP contribution is -2.46. The number of benzene rings is 1. The van der Waals surface area contributed by atoms with Gasteiger partial charge >= 0.3 is 6.29 Å². The first-order chi connectivity index (χ1) is 17.2. The Kier molecular flexibility index (Phi) is 5.10. The lowest BCUT2D eigenvalue weighted by atomic mass is 9.86. The van der Waals surface area contributed by atoms with Crippen LogP contribution >= 0.6 is 0 Å². The second-order valence-corrected chi connectivity index (χ2v) is 9.71. The summed E-state index contributed by atoms with van der Waals surface area (Å²) in [4.78, 5) is 28.7. The fraction of sp³-hybridized carbons (Fsp3) is 0.385. The molecule has 1 saturated heterocycles. The smallest absolute Gasteiger partial charge is 0.395 e. The number of carbonyl (C=O) groups excluding carboxylic acids is 1. The Morgan fingerprint density at radius 2 is 1.92 bits per heavy atom. The summed E-state index contributed by atoms with van der Waals surface area (Å²) in [6, 6.07) is 8.41. The molecule has 1 fully saturated rings. The fourth-order valence-corrected chi connectivity index (χ4v) is 5.32. The maximum absolute atomic E-state index is 13.4. The Morgan fingerprint density at radius 1 is 1.14 bits per heavy atom. The van der Waals surface area contributed by atoms with Crippen molar-refractivity contribution in [2.45, 2.75) is 50.9 Å². The molecule has 10 heteroatoms. The second kappa shape index (κ2) is 8.11. The van der Waals surface area contributed by atoms with Crippen LogP contribution in [0.4, 0.5) is 14.6 Å². The van der Waals surface area contributed by atoms with Crippen LogP contribution in [0.5, 0.6) is 11.5 Å². The zero-order valence-corrected chi connectivity index (χ0v) is 19.9. The highest BCUT2D eigenvalue weighted by atomic mass is 19.3. The van der Waals surface area contributed by atoms with Crippen LogP contribution in [0.3, 0.4) is 0 Å². The Hall–Kier alpha value is -3.82. The monoisotopic (exact) mass is 493 g/mol. The molecule has 3 aliphatic heterocycles. The minimum absolute atomic E-state index is 0.0293. The maximum Gasteiger partial charge on any atom is 0.586 e. The first-order valence-corrected chi connectivity index (χ1v) is 12.0. The molecular formula is C26H25F2N5O3. The van der Waals surface area contributed by atoms with E-state index >= 15 is 0 Å². The van der Waals surface area contributed by atoms with Gasteiger partial charge in [0.15, 0.2) is 17.3 Å². The number of aromatic nitrogens is 3. The van der Waals surface area contributed by atoms with E-state index in [1.165, 1.54) is 12.1 Å². The van der Waals surface area contributed by atoms with Gasteiger partial charge in [0.2, 0.25) is 5.91 Å². The first-order valence-electron chi connectivity index (χ1n) is 12.0. The van der Waals surface area contributed by atoms with E-state index in [0.29, 0.717) is 24.5 Å². The summed E-state index contributed by atoms with van der Waals surface area (Å²) < 4.78 is 35.8. The highest BCUT2D eigenvalue weighted by Crippen LogP contribution is 2.43. The second-order valence-electron chi connectivity index (χ2n) is 9.71. The summed E-state index contributed by atoms with van der Waals surface area (Å²) in [6.45, 7) is 4.90. The molecule has 0 radical (unpaired) electrons. The van der Waals surface area contributed by atoms with Crippen molar-refractivity contribution in [2.75, 3.05) is 18.4 Å². The Labute approximate surface area is 206 Å². The van der Waals surface area contributed by atoms with E-state index in [1.54, 1.807) is 31.5 Å². The number of anilines is 1. The third-order valence-corrected chi connectivity index (χ3v) is 7.32. The van der Waals surface area contributed by atoms with Crippen LogP contribution in [0.25, 0.3) is 11.4 Å². The summed E-state index contributed by atoms with van der Waals surface area (Å²) in [5.41, 5.74) is 3.24. The molecule has 3 aliphatic rings. The van der Waals surface area contributed by atoms with Gasteiger partial charge in [-0.05, 0) is 68.5 Å². The number of nitrogens with zero attached hydrogens (tertiary/aromatic N) is 4. The molecule has 2 aromatic heterocycles. The van der Waals surface area contributed by atoms with E-state index in [1.807, 2.05) is 11.8 Å². The van der Waals surface area contributed by atoms with E-state index in [4.69, 9.17) is 4.98 Å². The normalized spacial score (nSPS) is 22.3. The zero-order valence-electron chi connectivity index (χ0n) is 19.9. The van der Waals surface area contributed by atoms with Gasteiger partial charge in [0.05, 0.1) is 17.2 Å². The molecular weight excluding hydrogens is 468 g/mol.